The highest BCUT2D eigenvalue weighted by Gasteiger charge is 2.32. The van der Waals surface area contributed by atoms with Gasteiger partial charge in [0.1, 0.15) is 16.9 Å². The molecule has 1 fully saturated rings. The molecule has 39 heavy (non-hydrogen) atoms. The minimum atomic E-state index is -2.61. The summed E-state index contributed by atoms with van der Waals surface area (Å²) in [4.78, 5) is 22.4. The largest absolute Gasteiger partial charge is 0.479 e. The number of anilines is 1. The van der Waals surface area contributed by atoms with Gasteiger partial charge in [-0.3, -0.25) is 4.79 Å². The van der Waals surface area contributed by atoms with Crippen LogP contribution in [-0.2, 0) is 11.3 Å². The smallest absolute Gasteiger partial charge is 0.256 e. The SMILES string of the molecule is C=C(C)[C@H]1CN(C(C)=O)CC[C@H]1Nc1nc(OC)c2c(-c3cc(F)c4nc(C)n(CC(F)F)c4c3)ccn2n1. The number of carbonyl (C=O) groups is 1. The number of nitrogens with one attached hydrogen (secondary N) is 1. The van der Waals surface area contributed by atoms with E-state index in [-0.39, 0.29) is 34.8 Å². The summed E-state index contributed by atoms with van der Waals surface area (Å²) >= 11 is 0. The fourth-order valence-corrected chi connectivity index (χ4v) is 5.33. The maximum absolute atomic E-state index is 15.1. The number of alkyl halides is 2. The van der Waals surface area contributed by atoms with Crippen molar-refractivity contribution in [1.82, 2.24) is 29.0 Å². The predicted octanol–water partition coefficient (Wildman–Crippen LogP) is 4.69. The maximum atomic E-state index is 15.1. The van der Waals surface area contributed by atoms with Crippen molar-refractivity contribution in [1.29, 1.82) is 0 Å². The van der Waals surface area contributed by atoms with Crippen LogP contribution < -0.4 is 10.1 Å². The van der Waals surface area contributed by atoms with Crippen LogP contribution in [0, 0.1) is 18.7 Å². The number of benzene rings is 1. The van der Waals surface area contributed by atoms with Crippen molar-refractivity contribution in [3.05, 3.63) is 48.2 Å². The first-order valence-electron chi connectivity index (χ1n) is 12.6. The third-order valence-corrected chi connectivity index (χ3v) is 7.31. The molecule has 3 aromatic heterocycles. The summed E-state index contributed by atoms with van der Waals surface area (Å²) in [7, 11) is 1.48. The first-order chi connectivity index (χ1) is 18.6. The van der Waals surface area contributed by atoms with Gasteiger partial charge in [-0.25, -0.2) is 22.7 Å². The molecule has 0 radical (unpaired) electrons. The Balaban J connectivity index is 1.53. The maximum Gasteiger partial charge on any atom is 0.256 e. The van der Waals surface area contributed by atoms with Gasteiger partial charge < -0.3 is 19.5 Å². The number of rotatable bonds is 7. The molecule has 5 rings (SSSR count). The average molecular weight is 542 g/mol. The Morgan fingerprint density at radius 1 is 1.28 bits per heavy atom. The second kappa shape index (κ2) is 10.2. The number of likely N-dealkylation sites (tertiary alicyclic amines) is 1. The summed E-state index contributed by atoms with van der Waals surface area (Å²) in [5.74, 6) is 0.339. The quantitative estimate of drug-likeness (QED) is 0.342. The number of methoxy groups -OCH3 is 1. The van der Waals surface area contributed by atoms with Gasteiger partial charge in [0.15, 0.2) is 5.82 Å². The molecule has 9 nitrogen and oxygen atoms in total. The molecule has 12 heteroatoms. The highest BCUT2D eigenvalue weighted by Crippen LogP contribution is 2.35. The van der Waals surface area contributed by atoms with Gasteiger partial charge in [0.25, 0.3) is 6.43 Å². The lowest BCUT2D eigenvalue weighted by Crippen LogP contribution is -2.48. The second-order valence-corrected chi connectivity index (χ2v) is 9.91. The summed E-state index contributed by atoms with van der Waals surface area (Å²) in [6.45, 7) is 9.77. The van der Waals surface area contributed by atoms with E-state index >= 15 is 4.39 Å². The molecule has 1 aromatic carbocycles. The number of imidazole rings is 1. The Kier molecular flexibility index (Phi) is 6.96. The van der Waals surface area contributed by atoms with Gasteiger partial charge >= 0.3 is 0 Å². The van der Waals surface area contributed by atoms with E-state index in [9.17, 15) is 13.6 Å². The lowest BCUT2D eigenvalue weighted by molar-refractivity contribution is -0.130. The number of hydrogen-bond donors (Lipinski definition) is 1. The van der Waals surface area contributed by atoms with Crippen molar-refractivity contribution in [2.75, 3.05) is 25.5 Å². The van der Waals surface area contributed by atoms with Crippen molar-refractivity contribution in [3.63, 3.8) is 0 Å². The lowest BCUT2D eigenvalue weighted by Gasteiger charge is -2.39. The molecular formula is C27H30F3N7O2. The van der Waals surface area contributed by atoms with Crippen LogP contribution in [0.15, 0.2) is 36.5 Å². The van der Waals surface area contributed by atoms with Crippen LogP contribution in [-0.4, -0.2) is 67.6 Å². The predicted molar refractivity (Wildman–Crippen MR) is 142 cm³/mol. The molecule has 0 bridgehead atoms. The highest BCUT2D eigenvalue weighted by molar-refractivity contribution is 5.90. The van der Waals surface area contributed by atoms with Gasteiger partial charge in [-0.1, -0.05) is 12.2 Å². The molecule has 0 spiro atoms. The molecule has 1 amide bonds. The Morgan fingerprint density at radius 3 is 2.72 bits per heavy atom. The van der Waals surface area contributed by atoms with Gasteiger partial charge in [0.2, 0.25) is 17.7 Å². The molecule has 1 saturated heterocycles. The van der Waals surface area contributed by atoms with E-state index in [2.05, 4.69) is 27.0 Å². The third kappa shape index (κ3) is 4.90. The molecule has 0 aliphatic carbocycles. The summed E-state index contributed by atoms with van der Waals surface area (Å²) in [6, 6.07) is 4.68. The zero-order chi connectivity index (χ0) is 28.0. The van der Waals surface area contributed by atoms with Crippen molar-refractivity contribution in [2.45, 2.75) is 46.2 Å². The Hall–Kier alpha value is -4.09. The fraction of sp³-hybridized carbons (Fsp3) is 0.407. The summed E-state index contributed by atoms with van der Waals surface area (Å²) < 4.78 is 50.0. The van der Waals surface area contributed by atoms with Crippen molar-refractivity contribution >= 4 is 28.4 Å². The first-order valence-corrected chi connectivity index (χ1v) is 12.6. The number of aromatic nitrogens is 5. The summed E-state index contributed by atoms with van der Waals surface area (Å²) in [5, 5.41) is 8.00. The molecule has 2 atom stereocenters. The normalized spacial score (nSPS) is 17.8. The molecule has 4 heterocycles. The van der Waals surface area contributed by atoms with E-state index in [0.717, 1.165) is 5.57 Å². The number of nitrogens with zero attached hydrogens (tertiary/aromatic N) is 6. The van der Waals surface area contributed by atoms with E-state index in [0.29, 0.717) is 47.9 Å². The van der Waals surface area contributed by atoms with Gasteiger partial charge in [-0.15, -0.1) is 5.10 Å². The van der Waals surface area contributed by atoms with E-state index < -0.39 is 18.8 Å². The number of halogens is 3. The molecule has 1 aliphatic heterocycles. The van der Waals surface area contributed by atoms with Gasteiger partial charge in [0, 0.05) is 43.7 Å². The van der Waals surface area contributed by atoms with E-state index in [1.54, 1.807) is 36.7 Å². The van der Waals surface area contributed by atoms with E-state index in [1.165, 1.54) is 17.7 Å². The molecule has 206 valence electrons. The van der Waals surface area contributed by atoms with Crippen molar-refractivity contribution < 1.29 is 22.7 Å². The number of carbonyl (C=O) groups excluding carboxylic acids is 1. The van der Waals surface area contributed by atoms with Crippen LogP contribution in [0.4, 0.5) is 19.1 Å². The second-order valence-electron chi connectivity index (χ2n) is 9.91. The lowest BCUT2D eigenvalue weighted by atomic mass is 9.87. The zero-order valence-electron chi connectivity index (χ0n) is 22.2. The van der Waals surface area contributed by atoms with Gasteiger partial charge in [-0.05, 0) is 44.0 Å². The minimum absolute atomic E-state index is 0.0180. The molecule has 0 unspecified atom stereocenters. The first kappa shape index (κ1) is 26.5. The van der Waals surface area contributed by atoms with Gasteiger partial charge in [-0.2, -0.15) is 4.98 Å². The zero-order valence-corrected chi connectivity index (χ0v) is 22.2. The van der Waals surface area contributed by atoms with Crippen LogP contribution >= 0.6 is 0 Å². The highest BCUT2D eigenvalue weighted by atomic mass is 19.3. The molecule has 4 aromatic rings. The number of hydrogen-bond acceptors (Lipinski definition) is 6. The van der Waals surface area contributed by atoms with Crippen molar-refractivity contribution in [3.8, 4) is 17.0 Å². The molecule has 1 aliphatic rings. The standard InChI is InChI=1S/C27H30F3N7O2/c1-14(2)19-12-35(16(4)38)8-7-21(19)32-27-33-26(39-5)25-18(6-9-37(25)34-27)17-10-20(28)24-22(11-17)36(13-23(29)30)15(3)31-24/h6,9-11,19,21,23H,1,7-8,12-13H2,2-5H3,(H,32,34)/t19-,21-/m1/s1. The Morgan fingerprint density at radius 2 is 2.05 bits per heavy atom. The van der Waals surface area contributed by atoms with E-state index in [1.807, 2.05) is 11.8 Å². The number of ether oxygens (including phenoxy) is 1. The number of fused-ring (bicyclic) bond motifs is 2. The number of piperidine rings is 1. The summed E-state index contributed by atoms with van der Waals surface area (Å²) in [6.07, 6.45) is -0.206. The molecular weight excluding hydrogens is 511 g/mol. The monoisotopic (exact) mass is 541 g/mol. The van der Waals surface area contributed by atoms with Crippen LogP contribution in [0.1, 0.15) is 26.1 Å². The average Bonchev–Trinajstić information content (AvgIpc) is 3.44. The minimum Gasteiger partial charge on any atom is -0.479 e. The summed E-state index contributed by atoms with van der Waals surface area (Å²) in [5.41, 5.74) is 2.81. The number of amides is 1. The Bertz CT molecular complexity index is 1580. The third-order valence-electron chi connectivity index (χ3n) is 7.31. The van der Waals surface area contributed by atoms with E-state index in [4.69, 9.17) is 4.74 Å². The molecule has 0 saturated carbocycles. The number of aryl methyl sites for hydroxylation is 1. The van der Waals surface area contributed by atoms with Crippen LogP contribution in [0.2, 0.25) is 0 Å². The van der Waals surface area contributed by atoms with Crippen molar-refractivity contribution in [2.24, 2.45) is 5.92 Å². The topological polar surface area (TPSA) is 89.6 Å². The van der Waals surface area contributed by atoms with Crippen LogP contribution in [0.5, 0.6) is 5.88 Å². The van der Waals surface area contributed by atoms with Gasteiger partial charge in [0.05, 0.1) is 19.2 Å². The fourth-order valence-electron chi connectivity index (χ4n) is 5.33. The molecule has 1 N–H and O–H groups in total. The Labute approximate surface area is 223 Å². The van der Waals surface area contributed by atoms with Crippen LogP contribution in [0.3, 0.4) is 0 Å². The van der Waals surface area contributed by atoms with Crippen LogP contribution in [0.25, 0.3) is 27.7 Å².